The molecule has 0 saturated heterocycles. The Kier molecular flexibility index (Phi) is 5.80. The van der Waals surface area contributed by atoms with Crippen LogP contribution in [-0.4, -0.2) is 27.6 Å². The van der Waals surface area contributed by atoms with Gasteiger partial charge in [0.05, 0.1) is 35.9 Å². The van der Waals surface area contributed by atoms with Crippen LogP contribution in [0.3, 0.4) is 0 Å². The second-order valence-corrected chi connectivity index (χ2v) is 8.00. The molecule has 3 rings (SSSR count). The summed E-state index contributed by atoms with van der Waals surface area (Å²) >= 11 is 0. The fraction of sp³-hybridized carbons (Fsp3) is 0.136. The Hall–Kier alpha value is -3.12. The van der Waals surface area contributed by atoms with E-state index in [9.17, 15) is 8.42 Å². The lowest BCUT2D eigenvalue weighted by molar-refractivity contribution is 0.411. The van der Waals surface area contributed by atoms with Gasteiger partial charge in [0.25, 0.3) is 0 Å². The van der Waals surface area contributed by atoms with Crippen molar-refractivity contribution in [3.63, 3.8) is 0 Å². The van der Waals surface area contributed by atoms with Crippen LogP contribution in [0, 0.1) is 6.92 Å². The summed E-state index contributed by atoms with van der Waals surface area (Å²) in [6.07, 6.45) is 3.13. The standard InChI is InChI=1S/C22H21NO4S/c1-16-20(10-7-11-21(16)27-3)22(14-17-12-13-18(26-2)15-23-17)28(24,25)19-8-5-4-6-9-19/h4-15H,1-3H3/b22-14+. The Balaban J connectivity index is 2.24. The molecule has 144 valence electrons. The topological polar surface area (TPSA) is 65.5 Å². The van der Waals surface area contributed by atoms with E-state index in [1.54, 1.807) is 87.2 Å². The van der Waals surface area contributed by atoms with Crippen molar-refractivity contribution in [2.24, 2.45) is 0 Å². The molecule has 0 amide bonds. The molecule has 28 heavy (non-hydrogen) atoms. The normalized spacial score (nSPS) is 11.9. The van der Waals surface area contributed by atoms with Crippen molar-refractivity contribution < 1.29 is 17.9 Å². The number of hydrogen-bond acceptors (Lipinski definition) is 5. The molecule has 0 aliphatic carbocycles. The van der Waals surface area contributed by atoms with Crippen LogP contribution < -0.4 is 9.47 Å². The number of nitrogens with zero attached hydrogens (tertiary/aromatic N) is 1. The Labute approximate surface area is 165 Å². The van der Waals surface area contributed by atoms with Gasteiger partial charge in [-0.15, -0.1) is 0 Å². The third kappa shape index (κ3) is 3.92. The average Bonchev–Trinajstić information content (AvgIpc) is 2.73. The minimum atomic E-state index is -3.78. The summed E-state index contributed by atoms with van der Waals surface area (Å²) in [6, 6.07) is 17.2. The highest BCUT2D eigenvalue weighted by molar-refractivity contribution is 8.00. The molecule has 3 aromatic rings. The lowest BCUT2D eigenvalue weighted by Gasteiger charge is -2.15. The van der Waals surface area contributed by atoms with Gasteiger partial charge in [0.1, 0.15) is 11.5 Å². The monoisotopic (exact) mass is 395 g/mol. The first-order chi connectivity index (χ1) is 13.5. The number of aromatic nitrogens is 1. The summed E-state index contributed by atoms with van der Waals surface area (Å²) < 4.78 is 37.4. The molecular weight excluding hydrogens is 374 g/mol. The van der Waals surface area contributed by atoms with E-state index in [2.05, 4.69) is 4.98 Å². The quantitative estimate of drug-likeness (QED) is 0.620. The lowest BCUT2D eigenvalue weighted by Crippen LogP contribution is -2.06. The Morgan fingerprint density at radius 1 is 0.929 bits per heavy atom. The van der Waals surface area contributed by atoms with Gasteiger partial charge in [0, 0.05) is 5.56 Å². The Bertz CT molecular complexity index is 1090. The molecule has 0 radical (unpaired) electrons. The van der Waals surface area contributed by atoms with Crippen LogP contribution in [0.1, 0.15) is 16.8 Å². The molecule has 0 fully saturated rings. The minimum Gasteiger partial charge on any atom is -0.496 e. The molecule has 0 spiro atoms. The van der Waals surface area contributed by atoms with Gasteiger partial charge in [-0.25, -0.2) is 8.42 Å². The number of sulfone groups is 1. The van der Waals surface area contributed by atoms with Gasteiger partial charge in [0.2, 0.25) is 9.84 Å². The van der Waals surface area contributed by atoms with Crippen LogP contribution in [0.15, 0.2) is 71.8 Å². The third-order valence-corrected chi connectivity index (χ3v) is 6.20. The van der Waals surface area contributed by atoms with Crippen LogP contribution in [0.5, 0.6) is 11.5 Å². The van der Waals surface area contributed by atoms with Crippen LogP contribution in [-0.2, 0) is 9.84 Å². The number of rotatable bonds is 6. The van der Waals surface area contributed by atoms with Crippen molar-refractivity contribution in [1.29, 1.82) is 0 Å². The molecule has 0 bridgehead atoms. The Morgan fingerprint density at radius 3 is 2.29 bits per heavy atom. The van der Waals surface area contributed by atoms with E-state index in [0.29, 0.717) is 22.8 Å². The predicted octanol–water partition coefficient (Wildman–Crippen LogP) is 4.38. The maximum absolute atomic E-state index is 13.5. The molecular formula is C22H21NO4S. The summed E-state index contributed by atoms with van der Waals surface area (Å²) in [6.45, 7) is 1.84. The zero-order chi connectivity index (χ0) is 20.1. The minimum absolute atomic E-state index is 0.160. The van der Waals surface area contributed by atoms with Crippen molar-refractivity contribution in [1.82, 2.24) is 4.98 Å². The van der Waals surface area contributed by atoms with Gasteiger partial charge in [-0.05, 0) is 48.9 Å². The second kappa shape index (κ2) is 8.27. The zero-order valence-electron chi connectivity index (χ0n) is 15.9. The fourth-order valence-corrected chi connectivity index (χ4v) is 4.42. The van der Waals surface area contributed by atoms with Crippen molar-refractivity contribution in [3.05, 3.63) is 83.7 Å². The van der Waals surface area contributed by atoms with Gasteiger partial charge in [-0.2, -0.15) is 0 Å². The lowest BCUT2D eigenvalue weighted by atomic mass is 10.1. The summed E-state index contributed by atoms with van der Waals surface area (Å²) in [7, 11) is -0.666. The van der Waals surface area contributed by atoms with E-state index in [1.165, 1.54) is 0 Å². The number of methoxy groups -OCH3 is 2. The van der Waals surface area contributed by atoms with Gasteiger partial charge < -0.3 is 9.47 Å². The molecule has 6 heteroatoms. The summed E-state index contributed by atoms with van der Waals surface area (Å²) in [5.74, 6) is 1.22. The third-order valence-electron chi connectivity index (χ3n) is 4.39. The van der Waals surface area contributed by atoms with Gasteiger partial charge in [-0.3, -0.25) is 4.98 Å². The van der Waals surface area contributed by atoms with Crippen molar-refractivity contribution in [2.45, 2.75) is 11.8 Å². The van der Waals surface area contributed by atoms with E-state index < -0.39 is 9.84 Å². The van der Waals surface area contributed by atoms with Crippen molar-refractivity contribution >= 4 is 20.8 Å². The number of pyridine rings is 1. The van der Waals surface area contributed by atoms with Crippen LogP contribution in [0.2, 0.25) is 0 Å². The molecule has 0 saturated carbocycles. The first-order valence-electron chi connectivity index (χ1n) is 8.63. The van der Waals surface area contributed by atoms with Crippen LogP contribution in [0.4, 0.5) is 0 Å². The average molecular weight is 395 g/mol. The molecule has 0 atom stereocenters. The highest BCUT2D eigenvalue weighted by atomic mass is 32.2. The number of ether oxygens (including phenoxy) is 2. The summed E-state index contributed by atoms with van der Waals surface area (Å²) in [5.41, 5.74) is 1.82. The molecule has 0 aliphatic heterocycles. The van der Waals surface area contributed by atoms with E-state index in [4.69, 9.17) is 9.47 Å². The molecule has 0 N–H and O–H groups in total. The molecule has 2 aromatic carbocycles. The van der Waals surface area contributed by atoms with E-state index in [1.807, 2.05) is 6.92 Å². The maximum Gasteiger partial charge on any atom is 0.207 e. The number of benzene rings is 2. The Morgan fingerprint density at radius 2 is 1.68 bits per heavy atom. The largest absolute Gasteiger partial charge is 0.496 e. The van der Waals surface area contributed by atoms with Crippen LogP contribution in [0.25, 0.3) is 11.0 Å². The zero-order valence-corrected chi connectivity index (χ0v) is 16.7. The van der Waals surface area contributed by atoms with E-state index in [0.717, 1.165) is 5.56 Å². The molecule has 5 nitrogen and oxygen atoms in total. The first kappa shape index (κ1) is 19.6. The van der Waals surface area contributed by atoms with Gasteiger partial charge in [0.15, 0.2) is 0 Å². The predicted molar refractivity (Wildman–Crippen MR) is 110 cm³/mol. The van der Waals surface area contributed by atoms with E-state index >= 15 is 0 Å². The SMILES string of the molecule is COc1ccc(/C=C(\c2cccc(OC)c2C)S(=O)(=O)c2ccccc2)nc1. The molecule has 1 aromatic heterocycles. The summed E-state index contributed by atoms with van der Waals surface area (Å²) in [4.78, 5) is 4.68. The molecule has 0 aliphatic rings. The van der Waals surface area contributed by atoms with Crippen LogP contribution >= 0.6 is 0 Å². The van der Waals surface area contributed by atoms with Gasteiger partial charge >= 0.3 is 0 Å². The van der Waals surface area contributed by atoms with Crippen molar-refractivity contribution in [2.75, 3.05) is 14.2 Å². The number of hydrogen-bond donors (Lipinski definition) is 0. The fourth-order valence-electron chi connectivity index (χ4n) is 2.86. The molecule has 1 heterocycles. The van der Waals surface area contributed by atoms with E-state index in [-0.39, 0.29) is 9.80 Å². The summed E-state index contributed by atoms with van der Waals surface area (Å²) in [5, 5.41) is 0. The first-order valence-corrected chi connectivity index (χ1v) is 10.1. The smallest absolute Gasteiger partial charge is 0.207 e. The van der Waals surface area contributed by atoms with Gasteiger partial charge in [-0.1, -0.05) is 30.3 Å². The maximum atomic E-state index is 13.5. The molecule has 0 unspecified atom stereocenters. The second-order valence-electron chi connectivity index (χ2n) is 6.08. The highest BCUT2D eigenvalue weighted by Gasteiger charge is 2.24. The highest BCUT2D eigenvalue weighted by Crippen LogP contribution is 2.34. The van der Waals surface area contributed by atoms with Crippen molar-refractivity contribution in [3.8, 4) is 11.5 Å².